The highest BCUT2D eigenvalue weighted by Gasteiger charge is 2.46. The van der Waals surface area contributed by atoms with Gasteiger partial charge in [0.15, 0.2) is 6.29 Å². The fourth-order valence-corrected chi connectivity index (χ4v) is 2.16. The van der Waals surface area contributed by atoms with Crippen LogP contribution in [0.2, 0.25) is 0 Å². The van der Waals surface area contributed by atoms with Gasteiger partial charge in [0.2, 0.25) is 0 Å². The lowest BCUT2D eigenvalue weighted by molar-refractivity contribution is -0.327. The summed E-state index contributed by atoms with van der Waals surface area (Å²) >= 11 is 0. The van der Waals surface area contributed by atoms with Gasteiger partial charge in [0.05, 0.1) is 19.8 Å². The van der Waals surface area contributed by atoms with Gasteiger partial charge >= 0.3 is 0 Å². The second-order valence-corrected chi connectivity index (χ2v) is 5.29. The van der Waals surface area contributed by atoms with Gasteiger partial charge in [-0.1, -0.05) is 0 Å². The average molecular weight is 344 g/mol. The maximum absolute atomic E-state index is 9.83. The molecule has 9 N–H and O–H groups in total. The smallest absolute Gasteiger partial charge is 0.187 e. The Bertz CT molecular complexity index is 341. The Morgan fingerprint density at radius 1 is 0.826 bits per heavy atom. The van der Waals surface area contributed by atoms with Crippen molar-refractivity contribution in [3.8, 4) is 0 Å². The molecule has 1 saturated heterocycles. The quantitative estimate of drug-likeness (QED) is 0.203. The molecule has 1 fully saturated rings. The van der Waals surface area contributed by atoms with Gasteiger partial charge in [0, 0.05) is 0 Å². The van der Waals surface area contributed by atoms with Crippen LogP contribution in [0.3, 0.4) is 0 Å². The predicted octanol–water partition coefficient (Wildman–Crippen LogP) is -5.76. The molecule has 0 radical (unpaired) electrons. The zero-order valence-corrected chi connectivity index (χ0v) is 12.2. The molecule has 0 saturated carbocycles. The molecule has 1 aliphatic heterocycles. The van der Waals surface area contributed by atoms with Crippen molar-refractivity contribution in [1.29, 1.82) is 0 Å². The van der Waals surface area contributed by atoms with Crippen LogP contribution in [0.5, 0.6) is 0 Å². The molecule has 0 unspecified atom stereocenters. The summed E-state index contributed by atoms with van der Waals surface area (Å²) in [5.74, 6) is 0. The molecule has 0 bridgehead atoms. The molecule has 0 aliphatic carbocycles. The zero-order valence-electron chi connectivity index (χ0n) is 12.2. The molecule has 0 spiro atoms. The Kier molecular flexibility index (Phi) is 8.20. The molecule has 23 heavy (non-hydrogen) atoms. The van der Waals surface area contributed by atoms with Crippen LogP contribution in [0.25, 0.3) is 0 Å². The van der Waals surface area contributed by atoms with Gasteiger partial charge in [0.1, 0.15) is 48.8 Å². The SMILES string of the molecule is OC[C@@H](O)[C@@H](O)[C@H](O[C@@H]1O[C@H](CO)[C@H](O)[C@H](O)[C@H]1O)[C@@H](O)CO. The summed E-state index contributed by atoms with van der Waals surface area (Å²) in [7, 11) is 0. The monoisotopic (exact) mass is 344 g/mol. The maximum atomic E-state index is 9.83. The lowest BCUT2D eigenvalue weighted by atomic mass is 9.98. The average Bonchev–Trinajstić information content (AvgIpc) is 2.57. The molecule has 9 atom stereocenters. The summed E-state index contributed by atoms with van der Waals surface area (Å²) in [6.07, 6.45) is -15.1. The van der Waals surface area contributed by atoms with Crippen molar-refractivity contribution in [2.24, 2.45) is 0 Å². The van der Waals surface area contributed by atoms with Crippen molar-refractivity contribution in [2.75, 3.05) is 19.8 Å². The summed E-state index contributed by atoms with van der Waals surface area (Å²) in [6, 6.07) is 0. The van der Waals surface area contributed by atoms with Crippen molar-refractivity contribution in [3.63, 3.8) is 0 Å². The first-order chi connectivity index (χ1) is 10.8. The van der Waals surface area contributed by atoms with Crippen molar-refractivity contribution >= 4 is 0 Å². The van der Waals surface area contributed by atoms with Gasteiger partial charge in [0.25, 0.3) is 0 Å². The molecule has 1 rings (SSSR count). The third-order valence-electron chi connectivity index (χ3n) is 3.62. The molecular formula is C12H24O11. The normalized spacial score (nSPS) is 37.2. The Morgan fingerprint density at radius 2 is 1.39 bits per heavy atom. The molecular weight excluding hydrogens is 320 g/mol. The highest BCUT2D eigenvalue weighted by Crippen LogP contribution is 2.24. The standard InChI is InChI=1S/C12H24O11/c13-1-4(16)7(18)11(5(17)2-14)23-12-10(21)9(20)8(19)6(3-15)22-12/h4-21H,1-3H2/t4-,5+,6-,7-,8+,9+,10-,11-,12+/m1/s1. The summed E-state index contributed by atoms with van der Waals surface area (Å²) in [5, 5.41) is 84.9. The van der Waals surface area contributed by atoms with Crippen LogP contribution in [-0.2, 0) is 9.47 Å². The predicted molar refractivity (Wildman–Crippen MR) is 70.8 cm³/mol. The minimum absolute atomic E-state index is 0.708. The summed E-state index contributed by atoms with van der Waals surface area (Å²) in [4.78, 5) is 0. The van der Waals surface area contributed by atoms with Crippen molar-refractivity contribution in [3.05, 3.63) is 0 Å². The highest BCUT2D eigenvalue weighted by atomic mass is 16.7. The Hall–Kier alpha value is -0.440. The van der Waals surface area contributed by atoms with E-state index in [2.05, 4.69) is 0 Å². The number of hydrogen-bond donors (Lipinski definition) is 9. The number of rotatable bonds is 8. The largest absolute Gasteiger partial charge is 0.394 e. The van der Waals surface area contributed by atoms with E-state index in [1.807, 2.05) is 0 Å². The molecule has 11 heteroatoms. The van der Waals surface area contributed by atoms with Crippen molar-refractivity contribution in [1.82, 2.24) is 0 Å². The van der Waals surface area contributed by atoms with Gasteiger partial charge in [-0.25, -0.2) is 0 Å². The van der Waals surface area contributed by atoms with Crippen molar-refractivity contribution in [2.45, 2.75) is 55.1 Å². The zero-order chi connectivity index (χ0) is 17.7. The fourth-order valence-electron chi connectivity index (χ4n) is 2.16. The molecule has 1 aliphatic rings. The number of hydrogen-bond acceptors (Lipinski definition) is 11. The second-order valence-electron chi connectivity index (χ2n) is 5.29. The van der Waals surface area contributed by atoms with Crippen molar-refractivity contribution < 1.29 is 55.4 Å². The van der Waals surface area contributed by atoms with Crippen LogP contribution in [0, 0.1) is 0 Å². The Balaban J connectivity index is 2.89. The molecule has 138 valence electrons. The Morgan fingerprint density at radius 3 is 1.87 bits per heavy atom. The van der Waals surface area contributed by atoms with E-state index < -0.39 is 74.9 Å². The summed E-state index contributed by atoms with van der Waals surface area (Å²) < 4.78 is 10.1. The van der Waals surface area contributed by atoms with E-state index in [-0.39, 0.29) is 0 Å². The van der Waals surface area contributed by atoms with E-state index in [9.17, 15) is 30.6 Å². The first kappa shape index (κ1) is 20.6. The fraction of sp³-hybridized carbons (Fsp3) is 1.00. The molecule has 0 aromatic carbocycles. The van der Waals surface area contributed by atoms with E-state index in [0.29, 0.717) is 0 Å². The van der Waals surface area contributed by atoms with E-state index >= 15 is 0 Å². The molecule has 0 amide bonds. The van der Waals surface area contributed by atoms with Crippen LogP contribution in [0.15, 0.2) is 0 Å². The molecule has 0 aromatic rings. The highest BCUT2D eigenvalue weighted by molar-refractivity contribution is 4.91. The number of ether oxygens (including phenoxy) is 2. The molecule has 0 aromatic heterocycles. The minimum atomic E-state index is -1.85. The van der Waals surface area contributed by atoms with Crippen LogP contribution >= 0.6 is 0 Å². The minimum Gasteiger partial charge on any atom is -0.394 e. The number of aliphatic hydroxyl groups is 9. The topological polar surface area (TPSA) is 201 Å². The van der Waals surface area contributed by atoms with E-state index in [1.54, 1.807) is 0 Å². The molecule has 11 nitrogen and oxygen atoms in total. The van der Waals surface area contributed by atoms with E-state index in [0.717, 1.165) is 0 Å². The first-order valence-corrected chi connectivity index (χ1v) is 7.00. The maximum Gasteiger partial charge on any atom is 0.187 e. The lowest BCUT2D eigenvalue weighted by Crippen LogP contribution is -2.61. The lowest BCUT2D eigenvalue weighted by Gasteiger charge is -2.42. The summed E-state index contributed by atoms with van der Waals surface area (Å²) in [6.45, 7) is -2.45. The third-order valence-corrected chi connectivity index (χ3v) is 3.62. The van der Waals surface area contributed by atoms with Gasteiger partial charge in [-0.05, 0) is 0 Å². The first-order valence-electron chi connectivity index (χ1n) is 7.00. The van der Waals surface area contributed by atoms with Crippen LogP contribution in [-0.4, -0.2) is 121 Å². The van der Waals surface area contributed by atoms with Crippen LogP contribution in [0.4, 0.5) is 0 Å². The van der Waals surface area contributed by atoms with Crippen LogP contribution in [0.1, 0.15) is 0 Å². The summed E-state index contributed by atoms with van der Waals surface area (Å²) in [5.41, 5.74) is 0. The van der Waals surface area contributed by atoms with Gasteiger partial charge in [-0.3, -0.25) is 0 Å². The number of aliphatic hydroxyl groups excluding tert-OH is 9. The Labute approximate surface area is 131 Å². The second kappa shape index (κ2) is 9.15. The van der Waals surface area contributed by atoms with Gasteiger partial charge in [-0.2, -0.15) is 0 Å². The van der Waals surface area contributed by atoms with Crippen LogP contribution < -0.4 is 0 Å². The third kappa shape index (κ3) is 4.78. The van der Waals surface area contributed by atoms with E-state index in [1.165, 1.54) is 0 Å². The van der Waals surface area contributed by atoms with Gasteiger partial charge < -0.3 is 55.4 Å². The van der Waals surface area contributed by atoms with E-state index in [4.69, 9.17) is 24.8 Å². The van der Waals surface area contributed by atoms with Gasteiger partial charge in [-0.15, -0.1) is 0 Å². The molecule has 1 heterocycles.